The van der Waals surface area contributed by atoms with Gasteiger partial charge in [0, 0.05) is 0 Å². The summed E-state index contributed by atoms with van der Waals surface area (Å²) in [5.74, 6) is -1.81. The number of H-pyrrole nitrogens is 2. The molecule has 0 aliphatic rings. The normalized spacial score (nSPS) is 10.8. The van der Waals surface area contributed by atoms with Crippen molar-refractivity contribution in [1.82, 2.24) is 19.9 Å². The predicted octanol–water partition coefficient (Wildman–Crippen LogP) is 2.54. The van der Waals surface area contributed by atoms with Crippen molar-refractivity contribution in [3.8, 4) is 34.0 Å². The Balaban J connectivity index is 1.78. The molecule has 33 heavy (non-hydrogen) atoms. The Bertz CT molecular complexity index is 1420. The summed E-state index contributed by atoms with van der Waals surface area (Å²) in [7, 11) is 0. The quantitative estimate of drug-likeness (QED) is 0.315. The molecule has 0 aliphatic carbocycles. The van der Waals surface area contributed by atoms with Crippen LogP contribution in [-0.4, -0.2) is 55.3 Å². The summed E-state index contributed by atoms with van der Waals surface area (Å²) < 4.78 is 10.9. The summed E-state index contributed by atoms with van der Waals surface area (Å²) in [5, 5.41) is 18.2. The highest BCUT2D eigenvalue weighted by Crippen LogP contribution is 2.35. The zero-order valence-corrected chi connectivity index (χ0v) is 17.3. The molecule has 2 aromatic heterocycles. The lowest BCUT2D eigenvalue weighted by Gasteiger charge is -2.13. The largest absolute Gasteiger partial charge is 0.493 e. The average Bonchev–Trinajstić information content (AvgIpc) is 3.27. The molecule has 4 aromatic rings. The Labute approximate surface area is 185 Å². The van der Waals surface area contributed by atoms with Crippen molar-refractivity contribution < 1.29 is 29.3 Å². The van der Waals surface area contributed by atoms with Gasteiger partial charge in [-0.15, -0.1) is 0 Å². The maximum absolute atomic E-state index is 12.3. The van der Waals surface area contributed by atoms with Crippen molar-refractivity contribution in [2.24, 2.45) is 0 Å². The van der Waals surface area contributed by atoms with E-state index >= 15 is 0 Å². The van der Waals surface area contributed by atoms with Gasteiger partial charge in [0.15, 0.2) is 17.8 Å². The van der Waals surface area contributed by atoms with Crippen molar-refractivity contribution >= 4 is 23.1 Å². The number of fused-ring (bicyclic) bond motifs is 1. The lowest BCUT2D eigenvalue weighted by molar-refractivity contribution is -0.139. The molecule has 168 valence electrons. The van der Waals surface area contributed by atoms with Crippen LogP contribution in [0.1, 0.15) is 17.3 Å². The van der Waals surface area contributed by atoms with Crippen LogP contribution in [0.3, 0.4) is 0 Å². The SMILES string of the molecule is CCOc1cc(-c2ccc(C(=O)O)c(OCC(=O)O)c2)ccc1-c1nc2[nH]cnc2c(=O)[nH]1. The summed E-state index contributed by atoms with van der Waals surface area (Å²) in [5.41, 5.74) is 1.76. The van der Waals surface area contributed by atoms with E-state index in [1.165, 1.54) is 18.5 Å². The number of benzene rings is 2. The summed E-state index contributed by atoms with van der Waals surface area (Å²) in [6.45, 7) is 1.48. The molecule has 0 atom stereocenters. The number of hydrogen-bond acceptors (Lipinski definition) is 7. The molecule has 0 fully saturated rings. The van der Waals surface area contributed by atoms with E-state index in [9.17, 15) is 19.5 Å². The van der Waals surface area contributed by atoms with Gasteiger partial charge in [0.1, 0.15) is 22.9 Å². The van der Waals surface area contributed by atoms with Crippen LogP contribution in [0.15, 0.2) is 47.5 Å². The van der Waals surface area contributed by atoms with Crippen LogP contribution >= 0.6 is 0 Å². The first-order valence-electron chi connectivity index (χ1n) is 9.80. The van der Waals surface area contributed by atoms with Gasteiger partial charge in [-0.2, -0.15) is 0 Å². The zero-order valence-electron chi connectivity index (χ0n) is 17.3. The number of rotatable bonds is 8. The Hall–Kier alpha value is -4.67. The van der Waals surface area contributed by atoms with E-state index in [1.54, 1.807) is 24.3 Å². The Kier molecular flexibility index (Phi) is 5.77. The summed E-state index contributed by atoms with van der Waals surface area (Å²) in [6, 6.07) is 9.54. The van der Waals surface area contributed by atoms with Crippen molar-refractivity contribution in [3.05, 3.63) is 58.6 Å². The topological polar surface area (TPSA) is 167 Å². The molecule has 11 nitrogen and oxygen atoms in total. The highest BCUT2D eigenvalue weighted by atomic mass is 16.5. The van der Waals surface area contributed by atoms with Gasteiger partial charge < -0.3 is 29.7 Å². The Morgan fingerprint density at radius 1 is 1.03 bits per heavy atom. The van der Waals surface area contributed by atoms with Gasteiger partial charge in [0.05, 0.1) is 18.5 Å². The van der Waals surface area contributed by atoms with Crippen LogP contribution in [0.5, 0.6) is 11.5 Å². The van der Waals surface area contributed by atoms with E-state index in [1.807, 2.05) is 6.92 Å². The van der Waals surface area contributed by atoms with Gasteiger partial charge in [-0.1, -0.05) is 12.1 Å². The van der Waals surface area contributed by atoms with E-state index in [0.717, 1.165) is 0 Å². The Morgan fingerprint density at radius 2 is 1.76 bits per heavy atom. The van der Waals surface area contributed by atoms with E-state index in [4.69, 9.17) is 14.6 Å². The molecule has 11 heteroatoms. The zero-order chi connectivity index (χ0) is 23.5. The van der Waals surface area contributed by atoms with Crippen molar-refractivity contribution in [3.63, 3.8) is 0 Å². The first-order chi connectivity index (χ1) is 15.9. The number of aromatic amines is 2. The fourth-order valence-electron chi connectivity index (χ4n) is 3.28. The molecule has 0 saturated carbocycles. The third-order valence-electron chi connectivity index (χ3n) is 4.72. The minimum absolute atomic E-state index is 0.0693. The standard InChI is InChI=1S/C22H18N4O7/c1-2-32-15-7-11(12-4-6-14(22(30)31)16(8-12)33-9-17(27)28)3-5-13(15)19-25-20-18(21(29)26-19)23-10-24-20/h3-8,10H,2,9H2,1H3,(H,27,28)(H,30,31)(H2,23,24,25,26,29). The molecule has 2 aromatic carbocycles. The molecule has 0 amide bonds. The van der Waals surface area contributed by atoms with Gasteiger partial charge in [-0.3, -0.25) is 4.79 Å². The summed E-state index contributed by atoms with van der Waals surface area (Å²) in [6.07, 6.45) is 1.38. The van der Waals surface area contributed by atoms with Gasteiger partial charge in [-0.05, 0) is 42.3 Å². The van der Waals surface area contributed by atoms with E-state index in [0.29, 0.717) is 40.5 Å². The number of carboxylic acid groups (broad SMARTS) is 2. The van der Waals surface area contributed by atoms with Gasteiger partial charge in [-0.25, -0.2) is 19.6 Å². The molecule has 0 bridgehead atoms. The number of nitrogens with one attached hydrogen (secondary N) is 2. The first kappa shape index (κ1) is 21.6. The molecule has 0 radical (unpaired) electrons. The van der Waals surface area contributed by atoms with Crippen LogP contribution in [-0.2, 0) is 4.79 Å². The lowest BCUT2D eigenvalue weighted by atomic mass is 10.0. The van der Waals surface area contributed by atoms with Crippen LogP contribution in [0.2, 0.25) is 0 Å². The van der Waals surface area contributed by atoms with E-state index in [2.05, 4.69) is 19.9 Å². The van der Waals surface area contributed by atoms with Gasteiger partial charge >= 0.3 is 11.9 Å². The fraction of sp³-hybridized carbons (Fsp3) is 0.136. The monoisotopic (exact) mass is 450 g/mol. The average molecular weight is 450 g/mol. The lowest BCUT2D eigenvalue weighted by Crippen LogP contribution is -2.12. The van der Waals surface area contributed by atoms with Crippen LogP contribution < -0.4 is 15.0 Å². The third-order valence-corrected chi connectivity index (χ3v) is 4.72. The first-order valence-corrected chi connectivity index (χ1v) is 9.80. The number of carboxylic acids is 2. The third kappa shape index (κ3) is 4.37. The van der Waals surface area contributed by atoms with E-state index in [-0.39, 0.29) is 16.8 Å². The van der Waals surface area contributed by atoms with Crippen molar-refractivity contribution in [2.45, 2.75) is 6.92 Å². The summed E-state index contributed by atoms with van der Waals surface area (Å²) >= 11 is 0. The molecule has 0 spiro atoms. The molecule has 4 N–H and O–H groups in total. The van der Waals surface area contributed by atoms with Crippen LogP contribution in [0.4, 0.5) is 0 Å². The van der Waals surface area contributed by atoms with Crippen molar-refractivity contribution in [1.29, 1.82) is 0 Å². The molecule has 4 rings (SSSR count). The number of aromatic carboxylic acids is 1. The second-order valence-electron chi connectivity index (χ2n) is 6.86. The number of nitrogens with zero attached hydrogens (tertiary/aromatic N) is 2. The smallest absolute Gasteiger partial charge is 0.341 e. The van der Waals surface area contributed by atoms with Crippen LogP contribution in [0.25, 0.3) is 33.7 Å². The number of hydrogen-bond donors (Lipinski definition) is 4. The van der Waals surface area contributed by atoms with Crippen LogP contribution in [0, 0.1) is 0 Å². The second kappa shape index (κ2) is 8.83. The number of aromatic nitrogens is 4. The minimum atomic E-state index is -1.24. The van der Waals surface area contributed by atoms with Gasteiger partial charge in [0.2, 0.25) is 0 Å². The number of imidazole rings is 1. The molecular weight excluding hydrogens is 432 g/mol. The number of ether oxygens (including phenoxy) is 2. The van der Waals surface area contributed by atoms with Crippen molar-refractivity contribution in [2.75, 3.05) is 13.2 Å². The Morgan fingerprint density at radius 3 is 2.45 bits per heavy atom. The molecule has 0 saturated heterocycles. The molecule has 0 unspecified atom stereocenters. The summed E-state index contributed by atoms with van der Waals surface area (Å²) in [4.78, 5) is 48.5. The minimum Gasteiger partial charge on any atom is -0.493 e. The number of carbonyl (C=O) groups is 2. The molecule has 0 aliphatic heterocycles. The number of aliphatic carboxylic acids is 1. The highest BCUT2D eigenvalue weighted by molar-refractivity contribution is 5.92. The molecule has 2 heterocycles. The maximum atomic E-state index is 12.3. The highest BCUT2D eigenvalue weighted by Gasteiger charge is 2.17. The second-order valence-corrected chi connectivity index (χ2v) is 6.86. The maximum Gasteiger partial charge on any atom is 0.341 e. The van der Waals surface area contributed by atoms with E-state index < -0.39 is 24.1 Å². The van der Waals surface area contributed by atoms with Gasteiger partial charge in [0.25, 0.3) is 5.56 Å². The molecular formula is C22H18N4O7. The fourth-order valence-corrected chi connectivity index (χ4v) is 3.28. The predicted molar refractivity (Wildman–Crippen MR) is 117 cm³/mol.